The Balaban J connectivity index is 3.54. The predicted octanol–water partition coefficient (Wildman–Crippen LogP) is 6.67. The van der Waals surface area contributed by atoms with Crippen molar-refractivity contribution in [3.05, 3.63) is 0 Å². The summed E-state index contributed by atoms with van der Waals surface area (Å²) in [5, 5.41) is 0. The van der Waals surface area contributed by atoms with Gasteiger partial charge < -0.3 is 0 Å². The van der Waals surface area contributed by atoms with E-state index in [0.717, 1.165) is 24.7 Å². The fourth-order valence-corrected chi connectivity index (χ4v) is 4.97. The predicted molar refractivity (Wildman–Crippen MR) is 89.6 cm³/mol. The molecule has 0 saturated heterocycles. The number of unbranched alkanes of at least 4 members (excludes halogenated alkanes) is 3. The molecule has 3 atom stereocenters. The van der Waals surface area contributed by atoms with Crippen LogP contribution in [0.25, 0.3) is 0 Å². The summed E-state index contributed by atoms with van der Waals surface area (Å²) in [4.78, 5) is 0. The van der Waals surface area contributed by atoms with Crippen molar-refractivity contribution in [2.45, 2.75) is 91.0 Å². The quantitative estimate of drug-likeness (QED) is 0.294. The van der Waals surface area contributed by atoms with Crippen molar-refractivity contribution in [3.63, 3.8) is 0 Å². The lowest BCUT2D eigenvalue weighted by molar-refractivity contribution is -0.171. The van der Waals surface area contributed by atoms with Gasteiger partial charge in [-0.05, 0) is 24.7 Å². The van der Waals surface area contributed by atoms with Crippen molar-refractivity contribution >= 4 is 8.80 Å². The molecule has 0 aromatic carbocycles. The van der Waals surface area contributed by atoms with Crippen molar-refractivity contribution in [2.24, 2.45) is 17.8 Å². The highest BCUT2D eigenvalue weighted by molar-refractivity contribution is 6.55. The zero-order valence-electron chi connectivity index (χ0n) is 14.6. The summed E-state index contributed by atoms with van der Waals surface area (Å²) < 4.78 is 37.0. The van der Waals surface area contributed by atoms with Gasteiger partial charge in [0.05, 0.1) is 5.92 Å². The summed E-state index contributed by atoms with van der Waals surface area (Å²) >= 11 is 0. The molecule has 0 bridgehead atoms. The van der Waals surface area contributed by atoms with Crippen molar-refractivity contribution < 1.29 is 13.2 Å². The molecule has 3 unspecified atom stereocenters. The highest BCUT2D eigenvalue weighted by Crippen LogP contribution is 2.30. The van der Waals surface area contributed by atoms with E-state index in [9.17, 15) is 13.2 Å². The second kappa shape index (κ2) is 10.7. The van der Waals surface area contributed by atoms with Gasteiger partial charge in [-0.2, -0.15) is 13.2 Å². The lowest BCUT2D eigenvalue weighted by atomic mass is 9.93. The Morgan fingerprint density at radius 2 is 1.33 bits per heavy atom. The second-order valence-electron chi connectivity index (χ2n) is 7.51. The van der Waals surface area contributed by atoms with Crippen LogP contribution in [0.15, 0.2) is 0 Å². The zero-order valence-corrected chi connectivity index (χ0v) is 15.8. The molecule has 0 spiro atoms. The van der Waals surface area contributed by atoms with Crippen LogP contribution in [0, 0.1) is 17.8 Å². The van der Waals surface area contributed by atoms with Gasteiger partial charge in [0.2, 0.25) is 0 Å². The summed E-state index contributed by atoms with van der Waals surface area (Å²) in [6.07, 6.45) is 2.75. The van der Waals surface area contributed by atoms with Crippen LogP contribution < -0.4 is 0 Å². The average Bonchev–Trinajstić information content (AvgIpc) is 2.30. The fraction of sp³-hybridized carbons (Fsp3) is 1.00. The van der Waals surface area contributed by atoms with Crippen molar-refractivity contribution in [3.8, 4) is 0 Å². The molecule has 0 aliphatic heterocycles. The minimum absolute atomic E-state index is 0.287. The third-order valence-corrected chi connectivity index (χ3v) is 6.07. The first kappa shape index (κ1) is 21.0. The summed E-state index contributed by atoms with van der Waals surface area (Å²) in [5.74, 6) is 0.471. The van der Waals surface area contributed by atoms with E-state index >= 15 is 0 Å². The Kier molecular flexibility index (Phi) is 10.7. The lowest BCUT2D eigenvalue weighted by Crippen LogP contribution is -2.19. The van der Waals surface area contributed by atoms with Gasteiger partial charge >= 0.3 is 6.18 Å². The monoisotopic (exact) mass is 324 g/mol. The molecule has 128 valence electrons. The largest absolute Gasteiger partial charge is 0.391 e. The van der Waals surface area contributed by atoms with Crippen molar-refractivity contribution in [2.75, 3.05) is 0 Å². The van der Waals surface area contributed by atoms with Gasteiger partial charge in [-0.3, -0.25) is 0 Å². The number of hydrogen-bond acceptors (Lipinski definition) is 0. The molecule has 4 heteroatoms. The van der Waals surface area contributed by atoms with Crippen LogP contribution in [0.4, 0.5) is 13.2 Å². The molecule has 0 N–H and O–H groups in total. The Hall–Kier alpha value is 0.00688. The maximum absolute atomic E-state index is 12.3. The average molecular weight is 325 g/mol. The first-order valence-corrected chi connectivity index (χ1v) is 11.8. The summed E-state index contributed by atoms with van der Waals surface area (Å²) in [6, 6.07) is 1.43. The van der Waals surface area contributed by atoms with E-state index < -0.39 is 20.9 Å². The Labute approximate surface area is 131 Å². The molecule has 0 radical (unpaired) electrons. The van der Waals surface area contributed by atoms with Gasteiger partial charge in [-0.15, -0.1) is 0 Å². The minimum Gasteiger partial charge on any atom is -0.171 e. The van der Waals surface area contributed by atoms with E-state index in [-0.39, 0.29) is 6.42 Å². The van der Waals surface area contributed by atoms with Gasteiger partial charge in [0.15, 0.2) is 0 Å². The molecule has 0 saturated carbocycles. The molecule has 0 heterocycles. The Morgan fingerprint density at radius 1 is 0.810 bits per heavy atom. The molecule has 0 aliphatic rings. The maximum atomic E-state index is 12.3. The number of rotatable bonds is 11. The molecule has 0 aromatic heterocycles. The smallest absolute Gasteiger partial charge is 0.171 e. The third-order valence-electron chi connectivity index (χ3n) is 4.32. The van der Waals surface area contributed by atoms with Crippen LogP contribution >= 0.6 is 0 Å². The molecule has 0 aliphatic carbocycles. The first-order valence-electron chi connectivity index (χ1n) is 8.69. The lowest BCUT2D eigenvalue weighted by Gasteiger charge is -2.18. The first-order chi connectivity index (χ1) is 9.62. The standard InChI is InChI=1S/C17H35F3Si/c1-14(12-15(2)13-21(4)5)10-8-6-7-9-11-16(3)17(18,19)20/h14-16,21H,6-13H2,1-5H3. The second-order valence-corrected chi connectivity index (χ2v) is 10.8. The molecule has 0 amide bonds. The normalized spacial score (nSPS) is 17.0. The van der Waals surface area contributed by atoms with E-state index in [1.54, 1.807) is 0 Å². The Morgan fingerprint density at radius 3 is 1.81 bits per heavy atom. The maximum Gasteiger partial charge on any atom is 0.391 e. The minimum atomic E-state index is -4.01. The van der Waals surface area contributed by atoms with E-state index in [0.29, 0.717) is 6.42 Å². The van der Waals surface area contributed by atoms with Gasteiger partial charge in [0, 0.05) is 8.80 Å². The molecule has 21 heavy (non-hydrogen) atoms. The summed E-state index contributed by atoms with van der Waals surface area (Å²) in [7, 11) is -0.446. The molecule has 0 aromatic rings. The zero-order chi connectivity index (χ0) is 16.5. The molecule has 0 nitrogen and oxygen atoms in total. The van der Waals surface area contributed by atoms with Crippen LogP contribution in [0.3, 0.4) is 0 Å². The number of alkyl halides is 3. The molecule has 0 rings (SSSR count). The van der Waals surface area contributed by atoms with E-state index in [1.165, 1.54) is 32.2 Å². The molecular weight excluding hydrogens is 289 g/mol. The van der Waals surface area contributed by atoms with Crippen molar-refractivity contribution in [1.82, 2.24) is 0 Å². The third kappa shape index (κ3) is 12.3. The molecule has 0 fully saturated rings. The van der Waals surface area contributed by atoms with Crippen molar-refractivity contribution in [1.29, 1.82) is 0 Å². The SMILES string of the molecule is CC(CCCCCCC(C)C(F)(F)F)CC(C)C[SiH](C)C. The van der Waals surface area contributed by atoms with Crippen LogP contribution in [0.5, 0.6) is 0 Å². The van der Waals surface area contributed by atoms with E-state index in [1.807, 2.05) is 0 Å². The Bertz CT molecular complexity index is 251. The van der Waals surface area contributed by atoms with Crippen LogP contribution in [-0.4, -0.2) is 15.0 Å². The topological polar surface area (TPSA) is 0 Å². The van der Waals surface area contributed by atoms with Crippen LogP contribution in [-0.2, 0) is 0 Å². The molecular formula is C17H35F3Si. The van der Waals surface area contributed by atoms with E-state index in [2.05, 4.69) is 26.9 Å². The van der Waals surface area contributed by atoms with Crippen LogP contribution in [0.1, 0.15) is 65.7 Å². The van der Waals surface area contributed by atoms with Gasteiger partial charge in [-0.25, -0.2) is 0 Å². The van der Waals surface area contributed by atoms with Crippen LogP contribution in [0.2, 0.25) is 19.1 Å². The highest BCUT2D eigenvalue weighted by Gasteiger charge is 2.34. The van der Waals surface area contributed by atoms with Gasteiger partial charge in [-0.1, -0.05) is 72.0 Å². The highest BCUT2D eigenvalue weighted by atomic mass is 28.3. The fourth-order valence-electron chi connectivity index (χ4n) is 3.17. The number of halogens is 3. The summed E-state index contributed by atoms with van der Waals surface area (Å²) in [5.41, 5.74) is 0. The summed E-state index contributed by atoms with van der Waals surface area (Å²) in [6.45, 7) is 10.8. The number of hydrogen-bond donors (Lipinski definition) is 0. The van der Waals surface area contributed by atoms with Gasteiger partial charge in [0.25, 0.3) is 0 Å². The van der Waals surface area contributed by atoms with E-state index in [4.69, 9.17) is 0 Å². The van der Waals surface area contributed by atoms with Gasteiger partial charge in [0.1, 0.15) is 0 Å².